The first-order valence-electron chi connectivity index (χ1n) is 17.9. The molecule has 0 aromatic heterocycles. The first-order chi connectivity index (χ1) is 25.0. The van der Waals surface area contributed by atoms with E-state index in [1.165, 1.54) is 40.9 Å². The van der Waals surface area contributed by atoms with Crippen molar-refractivity contribution in [1.82, 2.24) is 20.0 Å². The lowest BCUT2D eigenvalue weighted by Gasteiger charge is -2.50. The molecule has 0 saturated carbocycles. The standard InChI is InChI=1S/C21H23ClFNO2.C19H23N3O4S/c22-18-7-5-17(6-8-18)21(26)11-14-24(15-12-21)13-1-2-20(25)16-3-9-19(23)10-4-16;1-18(2)13(17(25)26)21-15(24)12(16(21)27-18)22-14(23)11(20-19(22,3)4)10-8-6-5-7-9-10/h3-10,26H,1-2,11-15H2;5-9,11-13,16,20H,1-4H3,(H,25,26)/t;11?,12-,13+,16-/m.1/s1. The Morgan fingerprint density at radius 1 is 0.925 bits per heavy atom. The van der Waals surface area contributed by atoms with Gasteiger partial charge in [0.2, 0.25) is 11.8 Å². The fourth-order valence-corrected chi connectivity index (χ4v) is 9.72. The van der Waals surface area contributed by atoms with E-state index >= 15 is 0 Å². The third-order valence-electron chi connectivity index (χ3n) is 10.8. The molecule has 13 heteroatoms. The molecule has 0 spiro atoms. The molecule has 10 nitrogen and oxygen atoms in total. The lowest BCUT2D eigenvalue weighted by atomic mass is 9.84. The summed E-state index contributed by atoms with van der Waals surface area (Å²) < 4.78 is 12.3. The fraction of sp³-hybridized carbons (Fsp3) is 0.450. The van der Waals surface area contributed by atoms with Crippen LogP contribution in [0.1, 0.15) is 80.9 Å². The third-order valence-corrected chi connectivity index (χ3v) is 12.6. The number of piperidine rings is 1. The van der Waals surface area contributed by atoms with Gasteiger partial charge in [-0.15, -0.1) is 11.8 Å². The summed E-state index contributed by atoms with van der Waals surface area (Å²) in [5, 5.41) is 24.1. The fourth-order valence-electron chi connectivity index (χ4n) is 7.92. The average molecular weight is 765 g/mol. The normalized spacial score (nSPS) is 25.6. The molecule has 0 radical (unpaired) electrons. The number of carbonyl (C=O) groups excluding carboxylic acids is 3. The second-order valence-corrected chi connectivity index (χ2v) is 17.4. The van der Waals surface area contributed by atoms with Crippen LogP contribution >= 0.6 is 23.4 Å². The van der Waals surface area contributed by atoms with Crippen LogP contribution in [-0.2, 0) is 20.0 Å². The van der Waals surface area contributed by atoms with E-state index in [1.807, 2.05) is 82.3 Å². The van der Waals surface area contributed by atoms with Crippen LogP contribution < -0.4 is 5.32 Å². The highest BCUT2D eigenvalue weighted by molar-refractivity contribution is 8.01. The van der Waals surface area contributed by atoms with Gasteiger partial charge in [-0.05, 0) is 101 Å². The van der Waals surface area contributed by atoms with Gasteiger partial charge < -0.3 is 24.9 Å². The van der Waals surface area contributed by atoms with E-state index in [-0.39, 0.29) is 28.8 Å². The lowest BCUT2D eigenvalue weighted by molar-refractivity contribution is -0.170. The van der Waals surface area contributed by atoms with Crippen molar-refractivity contribution in [3.63, 3.8) is 0 Å². The smallest absolute Gasteiger partial charge is 0.327 e. The Kier molecular flexibility index (Phi) is 11.1. The van der Waals surface area contributed by atoms with Crippen LogP contribution in [0.5, 0.6) is 0 Å². The molecular weight excluding hydrogens is 719 g/mol. The number of Topliss-reactive ketones (excluding diaryl/α,β-unsaturated/α-hetero) is 1. The maximum atomic E-state index is 13.2. The van der Waals surface area contributed by atoms with Crippen LogP contribution in [0.3, 0.4) is 0 Å². The number of thioether (sulfide) groups is 1. The summed E-state index contributed by atoms with van der Waals surface area (Å²) in [6.45, 7) is 9.84. The number of β-lactam (4-membered cyclic amide) rings is 1. The number of benzene rings is 3. The molecule has 4 atom stereocenters. The van der Waals surface area contributed by atoms with Gasteiger partial charge >= 0.3 is 5.97 Å². The second-order valence-electron chi connectivity index (χ2n) is 15.2. The summed E-state index contributed by atoms with van der Waals surface area (Å²) in [5.41, 5.74) is 0.806. The van der Waals surface area contributed by atoms with Crippen molar-refractivity contribution < 1.29 is 33.8 Å². The number of carbonyl (C=O) groups is 4. The topological polar surface area (TPSA) is 130 Å². The zero-order chi connectivity index (χ0) is 38.3. The van der Waals surface area contributed by atoms with Crippen LogP contribution in [0, 0.1) is 5.82 Å². The highest BCUT2D eigenvalue weighted by Gasteiger charge is 2.68. The summed E-state index contributed by atoms with van der Waals surface area (Å²) in [6, 6.07) is 20.5. The van der Waals surface area contributed by atoms with Gasteiger partial charge in [0, 0.05) is 34.8 Å². The zero-order valence-electron chi connectivity index (χ0n) is 30.3. The molecular formula is C40H46ClFN4O6S. The highest BCUT2D eigenvalue weighted by atomic mass is 35.5. The van der Waals surface area contributed by atoms with Gasteiger partial charge in [0.1, 0.15) is 29.3 Å². The number of fused-ring (bicyclic) bond motifs is 1. The lowest BCUT2D eigenvalue weighted by Crippen LogP contribution is -2.73. The summed E-state index contributed by atoms with van der Waals surface area (Å²) in [5.74, 6) is -1.74. The predicted molar refractivity (Wildman–Crippen MR) is 202 cm³/mol. The van der Waals surface area contributed by atoms with Crippen molar-refractivity contribution in [3.05, 3.63) is 106 Å². The van der Waals surface area contributed by atoms with E-state index in [0.29, 0.717) is 29.8 Å². The number of amides is 2. The maximum Gasteiger partial charge on any atom is 0.327 e. The molecule has 0 aliphatic carbocycles. The van der Waals surface area contributed by atoms with Crippen molar-refractivity contribution in [1.29, 1.82) is 0 Å². The molecule has 1 unspecified atom stereocenters. The van der Waals surface area contributed by atoms with Crippen LogP contribution in [0.2, 0.25) is 5.02 Å². The molecule has 4 aliphatic rings. The number of halogens is 2. The van der Waals surface area contributed by atoms with E-state index in [9.17, 15) is 33.8 Å². The van der Waals surface area contributed by atoms with Crippen LogP contribution in [0.25, 0.3) is 0 Å². The number of hydrogen-bond donors (Lipinski definition) is 3. The number of rotatable bonds is 9. The van der Waals surface area contributed by atoms with Gasteiger partial charge in [0.15, 0.2) is 5.78 Å². The number of hydrogen-bond acceptors (Lipinski definition) is 8. The number of likely N-dealkylation sites (tertiary alicyclic amines) is 1. The molecule has 4 aliphatic heterocycles. The van der Waals surface area contributed by atoms with Crippen molar-refractivity contribution in [2.24, 2.45) is 0 Å². The molecule has 2 amide bonds. The Morgan fingerprint density at radius 3 is 2.15 bits per heavy atom. The second kappa shape index (κ2) is 15.1. The number of carboxylic acids is 1. The molecule has 4 fully saturated rings. The minimum atomic E-state index is -1.01. The van der Waals surface area contributed by atoms with Crippen molar-refractivity contribution in [3.8, 4) is 0 Å². The molecule has 0 bridgehead atoms. The molecule has 3 N–H and O–H groups in total. The highest BCUT2D eigenvalue weighted by Crippen LogP contribution is 2.53. The number of nitrogens with one attached hydrogen (secondary N) is 1. The molecule has 4 heterocycles. The Bertz CT molecular complexity index is 1840. The average Bonchev–Trinajstić information content (AvgIpc) is 3.52. The summed E-state index contributed by atoms with van der Waals surface area (Å²) >= 11 is 7.37. The minimum Gasteiger partial charge on any atom is -0.480 e. The zero-order valence-corrected chi connectivity index (χ0v) is 31.9. The summed E-state index contributed by atoms with van der Waals surface area (Å²) in [4.78, 5) is 55.3. The third kappa shape index (κ3) is 7.88. The van der Waals surface area contributed by atoms with E-state index in [4.69, 9.17) is 11.6 Å². The molecule has 282 valence electrons. The Morgan fingerprint density at radius 2 is 1.55 bits per heavy atom. The van der Waals surface area contributed by atoms with Gasteiger partial charge in [0.05, 0.1) is 11.3 Å². The SMILES string of the molecule is CC1(C)S[C@@H]2[C@H](N3C(=O)C(c4ccccc4)NC3(C)C)C(=O)N2[C@H]1C(=O)O.O=C(CCCN1CCC(O)(c2ccc(Cl)cc2)CC1)c1ccc(F)cc1. The number of carboxylic acid groups (broad SMARTS) is 1. The Hall–Kier alpha value is -3.81. The summed E-state index contributed by atoms with van der Waals surface area (Å²) in [6.07, 6.45) is 2.54. The van der Waals surface area contributed by atoms with E-state index < -0.39 is 40.1 Å². The van der Waals surface area contributed by atoms with Crippen LogP contribution in [0.4, 0.5) is 4.39 Å². The number of ketones is 1. The number of nitrogens with zero attached hydrogens (tertiary/aromatic N) is 3. The van der Waals surface area contributed by atoms with Crippen molar-refractivity contribution in [2.75, 3.05) is 19.6 Å². The summed E-state index contributed by atoms with van der Waals surface area (Å²) in [7, 11) is 0. The van der Waals surface area contributed by atoms with Gasteiger partial charge in [-0.2, -0.15) is 0 Å². The van der Waals surface area contributed by atoms with Gasteiger partial charge in [-0.25, -0.2) is 9.18 Å². The maximum absolute atomic E-state index is 13.2. The van der Waals surface area contributed by atoms with Gasteiger partial charge in [0.25, 0.3) is 0 Å². The van der Waals surface area contributed by atoms with E-state index in [0.717, 1.165) is 37.2 Å². The Balaban J connectivity index is 0.000000182. The van der Waals surface area contributed by atoms with Crippen LogP contribution in [0.15, 0.2) is 78.9 Å². The first kappa shape index (κ1) is 38.9. The predicted octanol–water partition coefficient (Wildman–Crippen LogP) is 5.84. The molecule has 3 aromatic carbocycles. The molecule has 7 rings (SSSR count). The number of aliphatic hydroxyl groups is 1. The van der Waals surface area contributed by atoms with E-state index in [1.54, 1.807) is 4.90 Å². The molecule has 3 aromatic rings. The van der Waals surface area contributed by atoms with Crippen molar-refractivity contribution >= 4 is 46.9 Å². The Labute approximate surface area is 318 Å². The van der Waals surface area contributed by atoms with E-state index in [2.05, 4.69) is 10.2 Å². The van der Waals surface area contributed by atoms with Gasteiger partial charge in [-0.1, -0.05) is 54.1 Å². The van der Waals surface area contributed by atoms with Gasteiger partial charge in [-0.3, -0.25) is 19.7 Å². The first-order valence-corrected chi connectivity index (χ1v) is 19.2. The molecule has 4 saturated heterocycles. The quantitative estimate of drug-likeness (QED) is 0.182. The number of aliphatic carboxylic acids is 1. The minimum absolute atomic E-state index is 0.0414. The van der Waals surface area contributed by atoms with Crippen molar-refractivity contribution in [2.45, 2.75) is 92.9 Å². The van der Waals surface area contributed by atoms with Crippen LogP contribution in [-0.4, -0.2) is 96.0 Å². The largest absolute Gasteiger partial charge is 0.480 e. The monoisotopic (exact) mass is 764 g/mol. The molecule has 53 heavy (non-hydrogen) atoms.